The first-order chi connectivity index (χ1) is 24.8. The lowest BCUT2D eigenvalue weighted by Gasteiger charge is -2.28. The molecule has 0 unspecified atom stereocenters. The van der Waals surface area contributed by atoms with Gasteiger partial charge in [-0.05, 0) is 80.5 Å². The van der Waals surface area contributed by atoms with Crippen molar-refractivity contribution in [2.24, 2.45) is 0 Å². The molecule has 0 aliphatic rings. The van der Waals surface area contributed by atoms with Crippen molar-refractivity contribution in [3.63, 3.8) is 0 Å². The molecule has 2 heteroatoms. The maximum absolute atomic E-state index is 6.81. The van der Waals surface area contributed by atoms with Crippen molar-refractivity contribution < 1.29 is 4.42 Å². The van der Waals surface area contributed by atoms with Gasteiger partial charge in [0.15, 0.2) is 0 Å². The van der Waals surface area contributed by atoms with Crippen molar-refractivity contribution in [1.29, 1.82) is 0 Å². The molecule has 0 radical (unpaired) electrons. The lowest BCUT2D eigenvalue weighted by molar-refractivity contribution is 0.674. The molecule has 0 bridgehead atoms. The highest BCUT2D eigenvalue weighted by Crippen LogP contribution is 2.45. The lowest BCUT2D eigenvalue weighted by atomic mass is 9.93. The van der Waals surface area contributed by atoms with Crippen molar-refractivity contribution in [2.45, 2.75) is 0 Å². The zero-order valence-corrected chi connectivity index (χ0v) is 27.3. The third-order valence-corrected chi connectivity index (χ3v) is 10.0. The van der Waals surface area contributed by atoms with Crippen LogP contribution in [0, 0.1) is 0 Å². The molecule has 1 aromatic heterocycles. The minimum absolute atomic E-state index is 0.901. The molecule has 50 heavy (non-hydrogen) atoms. The van der Waals surface area contributed by atoms with Crippen LogP contribution in [0.3, 0.4) is 0 Å². The highest BCUT2D eigenvalue weighted by molar-refractivity contribution is 6.18. The normalized spacial score (nSPS) is 11.6. The number of hydrogen-bond acceptors (Lipinski definition) is 2. The number of hydrogen-bond donors (Lipinski definition) is 0. The summed E-state index contributed by atoms with van der Waals surface area (Å²) in [6, 6.07) is 67.4. The second-order valence-electron chi connectivity index (χ2n) is 12.9. The van der Waals surface area contributed by atoms with Gasteiger partial charge in [-0.25, -0.2) is 0 Å². The molecule has 2 nitrogen and oxygen atoms in total. The van der Waals surface area contributed by atoms with Crippen LogP contribution in [-0.2, 0) is 0 Å². The third kappa shape index (κ3) is 4.50. The van der Waals surface area contributed by atoms with Gasteiger partial charge in [0.2, 0.25) is 0 Å². The van der Waals surface area contributed by atoms with E-state index in [1.54, 1.807) is 0 Å². The summed E-state index contributed by atoms with van der Waals surface area (Å²) >= 11 is 0. The molecule has 10 rings (SSSR count). The van der Waals surface area contributed by atoms with Gasteiger partial charge in [0.25, 0.3) is 0 Å². The highest BCUT2D eigenvalue weighted by Gasteiger charge is 2.21. The zero-order chi connectivity index (χ0) is 33.0. The molecule has 0 saturated carbocycles. The van der Waals surface area contributed by atoms with Crippen LogP contribution in [0.5, 0.6) is 0 Å². The molecular weight excluding hydrogens is 607 g/mol. The van der Waals surface area contributed by atoms with Crippen molar-refractivity contribution in [3.05, 3.63) is 188 Å². The summed E-state index contributed by atoms with van der Waals surface area (Å²) in [7, 11) is 0. The van der Waals surface area contributed by atoms with Crippen LogP contribution >= 0.6 is 0 Å². The fourth-order valence-corrected chi connectivity index (χ4v) is 7.72. The number of para-hydroxylation sites is 3. The number of furan rings is 1. The average molecular weight is 638 g/mol. The van der Waals surface area contributed by atoms with E-state index in [1.165, 1.54) is 38.1 Å². The molecule has 0 spiro atoms. The lowest BCUT2D eigenvalue weighted by Crippen LogP contribution is -2.11. The fourth-order valence-electron chi connectivity index (χ4n) is 7.72. The van der Waals surface area contributed by atoms with Crippen LogP contribution in [0.1, 0.15) is 0 Å². The first kappa shape index (κ1) is 28.4. The Kier molecular flexibility index (Phi) is 6.53. The molecule has 0 fully saturated rings. The van der Waals surface area contributed by atoms with Gasteiger partial charge < -0.3 is 9.32 Å². The predicted molar refractivity (Wildman–Crippen MR) is 212 cm³/mol. The number of anilines is 3. The van der Waals surface area contributed by atoms with E-state index in [-0.39, 0.29) is 0 Å². The number of fused-ring (bicyclic) bond motifs is 8. The SMILES string of the molecule is c1ccc(N(c2ccc(-c3cc4ccccc4c4ccccc34)cc2)c2ccccc2-c2cccc3c2oc2c4ccccc4ccc32)cc1. The molecule has 10 aromatic rings. The molecule has 0 saturated heterocycles. The number of benzene rings is 9. The van der Waals surface area contributed by atoms with Gasteiger partial charge >= 0.3 is 0 Å². The van der Waals surface area contributed by atoms with Gasteiger partial charge in [-0.3, -0.25) is 0 Å². The molecule has 1 heterocycles. The summed E-state index contributed by atoms with van der Waals surface area (Å²) < 4.78 is 6.81. The summed E-state index contributed by atoms with van der Waals surface area (Å²) in [6.07, 6.45) is 0. The topological polar surface area (TPSA) is 16.4 Å². The van der Waals surface area contributed by atoms with E-state index in [9.17, 15) is 0 Å². The van der Waals surface area contributed by atoms with Crippen molar-refractivity contribution in [3.8, 4) is 22.3 Å². The van der Waals surface area contributed by atoms with E-state index in [2.05, 4.69) is 193 Å². The van der Waals surface area contributed by atoms with Crippen LogP contribution in [0.4, 0.5) is 17.1 Å². The Morgan fingerprint density at radius 1 is 0.320 bits per heavy atom. The molecule has 0 N–H and O–H groups in total. The van der Waals surface area contributed by atoms with E-state index in [1.807, 2.05) is 0 Å². The van der Waals surface area contributed by atoms with Crippen LogP contribution < -0.4 is 4.90 Å². The summed E-state index contributed by atoms with van der Waals surface area (Å²) in [4.78, 5) is 2.36. The number of rotatable bonds is 5. The maximum Gasteiger partial charge on any atom is 0.143 e. The standard InChI is InChI=1S/C48H31NO/c1-2-15-35(16-3-1)49(36-28-25-33(26-29-36)45-31-34-14-5-6-17-37(34)39-19-8-9-20-40(39)45)46-24-11-10-21-41(46)42-22-12-23-43-44-30-27-32-13-4-7-18-38(32)47(44)50-48(42)43/h1-31H. The molecule has 234 valence electrons. The Morgan fingerprint density at radius 2 is 0.920 bits per heavy atom. The zero-order valence-electron chi connectivity index (χ0n) is 27.3. The Labute approximate surface area is 290 Å². The third-order valence-electron chi connectivity index (χ3n) is 10.0. The van der Waals surface area contributed by atoms with Crippen molar-refractivity contribution in [2.75, 3.05) is 4.90 Å². The van der Waals surface area contributed by atoms with E-state index in [0.717, 1.165) is 55.5 Å². The van der Waals surface area contributed by atoms with Crippen molar-refractivity contribution in [1.82, 2.24) is 0 Å². The fraction of sp³-hybridized carbons (Fsp3) is 0. The van der Waals surface area contributed by atoms with Gasteiger partial charge in [0.05, 0.1) is 5.69 Å². The van der Waals surface area contributed by atoms with Gasteiger partial charge in [-0.2, -0.15) is 0 Å². The molecule has 0 aliphatic heterocycles. The van der Waals surface area contributed by atoms with E-state index < -0.39 is 0 Å². The van der Waals surface area contributed by atoms with Gasteiger partial charge in [0.1, 0.15) is 11.2 Å². The minimum atomic E-state index is 0.901. The predicted octanol–water partition coefficient (Wildman–Crippen LogP) is 13.8. The monoisotopic (exact) mass is 637 g/mol. The molecule has 0 amide bonds. The van der Waals surface area contributed by atoms with E-state index in [0.29, 0.717) is 0 Å². The molecule has 0 atom stereocenters. The Balaban J connectivity index is 1.15. The van der Waals surface area contributed by atoms with Crippen LogP contribution in [0.25, 0.3) is 76.5 Å². The first-order valence-electron chi connectivity index (χ1n) is 17.1. The van der Waals surface area contributed by atoms with Crippen molar-refractivity contribution >= 4 is 71.3 Å². The molecule has 9 aromatic carbocycles. The minimum Gasteiger partial charge on any atom is -0.455 e. The van der Waals surface area contributed by atoms with Crippen LogP contribution in [0.15, 0.2) is 192 Å². The Morgan fingerprint density at radius 3 is 1.76 bits per heavy atom. The average Bonchev–Trinajstić information content (AvgIpc) is 3.58. The molecule has 0 aliphatic carbocycles. The summed E-state index contributed by atoms with van der Waals surface area (Å²) in [5.41, 5.74) is 9.69. The smallest absolute Gasteiger partial charge is 0.143 e. The highest BCUT2D eigenvalue weighted by atomic mass is 16.3. The van der Waals surface area contributed by atoms with Crippen LogP contribution in [0.2, 0.25) is 0 Å². The van der Waals surface area contributed by atoms with Crippen LogP contribution in [-0.4, -0.2) is 0 Å². The van der Waals surface area contributed by atoms with Gasteiger partial charge in [-0.1, -0.05) is 146 Å². The Bertz CT molecular complexity index is 2870. The van der Waals surface area contributed by atoms with Gasteiger partial charge in [-0.15, -0.1) is 0 Å². The Hall–Kier alpha value is -6.64. The molecular formula is C48H31NO. The quantitative estimate of drug-likeness (QED) is 0.175. The van der Waals surface area contributed by atoms with E-state index >= 15 is 0 Å². The second-order valence-corrected chi connectivity index (χ2v) is 12.9. The summed E-state index contributed by atoms with van der Waals surface area (Å²) in [5.74, 6) is 0. The van der Waals surface area contributed by atoms with Gasteiger partial charge in [0, 0.05) is 38.7 Å². The first-order valence-corrected chi connectivity index (χ1v) is 17.1. The maximum atomic E-state index is 6.81. The van der Waals surface area contributed by atoms with E-state index in [4.69, 9.17) is 4.42 Å². The largest absolute Gasteiger partial charge is 0.455 e. The summed E-state index contributed by atoms with van der Waals surface area (Å²) in [6.45, 7) is 0. The second kappa shape index (κ2) is 11.5. The number of nitrogens with zero attached hydrogens (tertiary/aromatic N) is 1. The summed E-state index contributed by atoms with van der Waals surface area (Å²) in [5, 5.41) is 9.63.